The van der Waals surface area contributed by atoms with Crippen LogP contribution in [0.25, 0.3) is 0 Å². The van der Waals surface area contributed by atoms with Crippen LogP contribution in [0, 0.1) is 6.92 Å². The smallest absolute Gasteiger partial charge is 0.317 e. The number of hydrogen-bond acceptors (Lipinski definition) is 4. The molecule has 2 amide bonds. The summed E-state index contributed by atoms with van der Waals surface area (Å²) in [6, 6.07) is -0.147. The molecular weight excluding hydrogens is 250 g/mol. The molecule has 1 unspecified atom stereocenters. The van der Waals surface area contributed by atoms with Gasteiger partial charge in [-0.1, -0.05) is 0 Å². The number of urea groups is 1. The van der Waals surface area contributed by atoms with Crippen LogP contribution in [0.3, 0.4) is 0 Å². The van der Waals surface area contributed by atoms with Gasteiger partial charge in [0.25, 0.3) is 0 Å². The maximum atomic E-state index is 11.6. The van der Waals surface area contributed by atoms with Gasteiger partial charge < -0.3 is 15.3 Å². The van der Waals surface area contributed by atoms with Crippen LogP contribution in [-0.2, 0) is 6.42 Å². The van der Waals surface area contributed by atoms with Gasteiger partial charge >= 0.3 is 6.03 Å². The average Bonchev–Trinajstić information content (AvgIpc) is 2.69. The van der Waals surface area contributed by atoms with E-state index in [-0.39, 0.29) is 6.03 Å². The number of amides is 2. The highest BCUT2D eigenvalue weighted by atomic mass is 32.1. The lowest BCUT2D eigenvalue weighted by Crippen LogP contribution is -2.41. The molecule has 102 valence electrons. The van der Waals surface area contributed by atoms with Crippen molar-refractivity contribution in [3.8, 4) is 0 Å². The van der Waals surface area contributed by atoms with Crippen molar-refractivity contribution in [3.05, 3.63) is 16.1 Å². The van der Waals surface area contributed by atoms with E-state index in [1.807, 2.05) is 12.3 Å². The molecule has 0 fully saturated rings. The number of carbonyl (C=O) groups excluding carboxylic acids is 1. The number of hydrogen-bond donors (Lipinski definition) is 2. The number of thiazole rings is 1. The number of aryl methyl sites for hydroxylation is 2. The first-order chi connectivity index (χ1) is 8.49. The maximum Gasteiger partial charge on any atom is 0.317 e. The highest BCUT2D eigenvalue weighted by molar-refractivity contribution is 7.09. The fraction of sp³-hybridized carbons (Fsp3) is 0.667. The van der Waals surface area contributed by atoms with E-state index in [0.29, 0.717) is 13.1 Å². The highest BCUT2D eigenvalue weighted by Gasteiger charge is 2.09. The van der Waals surface area contributed by atoms with Crippen molar-refractivity contribution in [3.63, 3.8) is 0 Å². The molecule has 2 N–H and O–H groups in total. The van der Waals surface area contributed by atoms with Crippen molar-refractivity contribution in [1.82, 2.24) is 15.2 Å². The first-order valence-corrected chi connectivity index (χ1v) is 6.95. The van der Waals surface area contributed by atoms with Crippen LogP contribution < -0.4 is 5.32 Å². The largest absolute Gasteiger partial charge is 0.392 e. The van der Waals surface area contributed by atoms with E-state index in [0.717, 1.165) is 23.5 Å². The summed E-state index contributed by atoms with van der Waals surface area (Å²) in [5, 5.41) is 15.1. The lowest BCUT2D eigenvalue weighted by molar-refractivity contribution is 0.144. The Morgan fingerprint density at radius 1 is 1.67 bits per heavy atom. The van der Waals surface area contributed by atoms with Crippen LogP contribution in [0.15, 0.2) is 5.38 Å². The normalized spacial score (nSPS) is 12.2. The molecule has 0 saturated heterocycles. The zero-order chi connectivity index (χ0) is 13.5. The molecule has 0 radical (unpaired) electrons. The Kier molecular flexibility index (Phi) is 6.07. The molecule has 5 nitrogen and oxygen atoms in total. The van der Waals surface area contributed by atoms with E-state index in [4.69, 9.17) is 5.11 Å². The summed E-state index contributed by atoms with van der Waals surface area (Å²) in [4.78, 5) is 17.4. The number of aliphatic hydroxyl groups is 1. The molecule has 18 heavy (non-hydrogen) atoms. The summed E-state index contributed by atoms with van der Waals surface area (Å²) in [7, 11) is 1.67. The van der Waals surface area contributed by atoms with Crippen molar-refractivity contribution in [2.75, 3.05) is 20.1 Å². The van der Waals surface area contributed by atoms with E-state index < -0.39 is 6.10 Å². The topological polar surface area (TPSA) is 65.5 Å². The number of carbonyl (C=O) groups is 1. The van der Waals surface area contributed by atoms with Crippen molar-refractivity contribution >= 4 is 17.4 Å². The van der Waals surface area contributed by atoms with Gasteiger partial charge in [-0.25, -0.2) is 9.78 Å². The van der Waals surface area contributed by atoms with Crippen molar-refractivity contribution in [2.24, 2.45) is 0 Å². The zero-order valence-corrected chi connectivity index (χ0v) is 12.0. The predicted octanol–water partition coefficient (Wildman–Crippen LogP) is 1.41. The third-order valence-corrected chi connectivity index (χ3v) is 3.42. The molecule has 1 atom stereocenters. The predicted molar refractivity (Wildman–Crippen MR) is 72.9 cm³/mol. The summed E-state index contributed by atoms with van der Waals surface area (Å²) >= 11 is 1.66. The number of aliphatic hydroxyl groups excluding tert-OH is 1. The minimum absolute atomic E-state index is 0.147. The molecule has 1 aromatic rings. The standard InChI is InChI=1S/C12H21N3O2S/c1-9-8-18-11(14-9)5-4-6-13-12(17)15(3)7-10(2)16/h8,10,16H,4-7H2,1-3H3,(H,13,17). The van der Waals surface area contributed by atoms with Crippen molar-refractivity contribution < 1.29 is 9.90 Å². The molecule has 6 heteroatoms. The summed E-state index contributed by atoms with van der Waals surface area (Å²) < 4.78 is 0. The number of nitrogens with one attached hydrogen (secondary N) is 1. The van der Waals surface area contributed by atoms with Crippen LogP contribution >= 0.6 is 11.3 Å². The number of nitrogens with zero attached hydrogens (tertiary/aromatic N) is 2. The number of likely N-dealkylation sites (N-methyl/N-ethyl adjacent to an activating group) is 1. The monoisotopic (exact) mass is 271 g/mol. The minimum Gasteiger partial charge on any atom is -0.392 e. The van der Waals surface area contributed by atoms with Crippen LogP contribution in [0.5, 0.6) is 0 Å². The second-order valence-corrected chi connectivity index (χ2v) is 5.39. The Morgan fingerprint density at radius 3 is 2.94 bits per heavy atom. The van der Waals surface area contributed by atoms with Crippen LogP contribution in [0.4, 0.5) is 4.79 Å². The first kappa shape index (κ1) is 14.9. The van der Waals surface area contributed by atoms with Gasteiger partial charge in [0.2, 0.25) is 0 Å². The Morgan fingerprint density at radius 2 is 2.39 bits per heavy atom. The Balaban J connectivity index is 2.15. The quantitative estimate of drug-likeness (QED) is 0.769. The van der Waals surface area contributed by atoms with E-state index in [1.54, 1.807) is 25.3 Å². The van der Waals surface area contributed by atoms with Gasteiger partial charge in [-0.3, -0.25) is 0 Å². The molecule has 0 aliphatic heterocycles. The number of aromatic nitrogens is 1. The molecule has 0 saturated carbocycles. The molecular formula is C12H21N3O2S. The summed E-state index contributed by atoms with van der Waals surface area (Å²) in [5.74, 6) is 0. The van der Waals surface area contributed by atoms with Gasteiger partial charge in [0, 0.05) is 37.6 Å². The van der Waals surface area contributed by atoms with Gasteiger partial charge in [0.05, 0.1) is 11.1 Å². The molecule has 0 aromatic carbocycles. The second kappa shape index (κ2) is 7.33. The fourth-order valence-corrected chi connectivity index (χ4v) is 2.38. The number of rotatable bonds is 6. The molecule has 0 bridgehead atoms. The average molecular weight is 271 g/mol. The first-order valence-electron chi connectivity index (χ1n) is 6.07. The van der Waals surface area contributed by atoms with E-state index in [9.17, 15) is 4.79 Å². The summed E-state index contributed by atoms with van der Waals surface area (Å²) in [6.45, 7) is 4.61. The van der Waals surface area contributed by atoms with Gasteiger partial charge in [-0.05, 0) is 20.3 Å². The molecule has 0 aliphatic carbocycles. The Labute approximate surface area is 112 Å². The van der Waals surface area contributed by atoms with Crippen LogP contribution in [-0.4, -0.2) is 47.3 Å². The van der Waals surface area contributed by atoms with E-state index in [1.165, 1.54) is 4.90 Å². The Hall–Kier alpha value is -1.14. The van der Waals surface area contributed by atoms with Gasteiger partial charge in [0.15, 0.2) is 0 Å². The van der Waals surface area contributed by atoms with Gasteiger partial charge in [-0.2, -0.15) is 0 Å². The van der Waals surface area contributed by atoms with Gasteiger partial charge in [-0.15, -0.1) is 11.3 Å². The van der Waals surface area contributed by atoms with E-state index in [2.05, 4.69) is 10.3 Å². The van der Waals surface area contributed by atoms with Crippen molar-refractivity contribution in [2.45, 2.75) is 32.8 Å². The van der Waals surface area contributed by atoms with Crippen LogP contribution in [0.2, 0.25) is 0 Å². The lowest BCUT2D eigenvalue weighted by Gasteiger charge is -2.19. The molecule has 1 aromatic heterocycles. The third kappa shape index (κ3) is 5.46. The molecule has 1 rings (SSSR count). The van der Waals surface area contributed by atoms with Gasteiger partial charge in [0.1, 0.15) is 0 Å². The molecule has 0 aliphatic rings. The second-order valence-electron chi connectivity index (χ2n) is 4.45. The lowest BCUT2D eigenvalue weighted by atomic mass is 10.3. The fourth-order valence-electron chi connectivity index (χ4n) is 1.57. The molecule has 0 spiro atoms. The molecule has 1 heterocycles. The summed E-state index contributed by atoms with van der Waals surface area (Å²) in [6.07, 6.45) is 1.26. The maximum absolute atomic E-state index is 11.6. The Bertz CT molecular complexity index is 379. The minimum atomic E-state index is -0.501. The van der Waals surface area contributed by atoms with Crippen molar-refractivity contribution in [1.29, 1.82) is 0 Å². The van der Waals surface area contributed by atoms with Crippen LogP contribution in [0.1, 0.15) is 24.0 Å². The summed E-state index contributed by atoms with van der Waals surface area (Å²) in [5.41, 5.74) is 1.05. The third-order valence-electron chi connectivity index (χ3n) is 2.39. The zero-order valence-electron chi connectivity index (χ0n) is 11.1. The SMILES string of the molecule is Cc1csc(CCCNC(=O)N(C)CC(C)O)n1. The van der Waals surface area contributed by atoms with E-state index >= 15 is 0 Å². The highest BCUT2D eigenvalue weighted by Crippen LogP contribution is 2.10.